The van der Waals surface area contributed by atoms with Gasteiger partial charge in [-0.2, -0.15) is 5.10 Å². The number of hydrogen-bond donors (Lipinski definition) is 0. The second-order valence-corrected chi connectivity index (χ2v) is 5.06. The first-order chi connectivity index (χ1) is 7.93. The number of hydrogen-bond acceptors (Lipinski definition) is 2. The number of aromatic nitrogens is 2. The fraction of sp³-hybridized carbons (Fsp3) is 0.667. The Morgan fingerprint density at radius 3 is 2.41 bits per heavy atom. The summed E-state index contributed by atoms with van der Waals surface area (Å²) in [6, 6.07) is -0.253. The molecule has 0 radical (unpaired) electrons. The van der Waals surface area contributed by atoms with Crippen LogP contribution in [0.3, 0.4) is 0 Å². The van der Waals surface area contributed by atoms with E-state index in [4.69, 9.17) is 0 Å². The first-order valence-electron chi connectivity index (χ1n) is 5.90. The van der Waals surface area contributed by atoms with Gasteiger partial charge in [0, 0.05) is 14.1 Å². The van der Waals surface area contributed by atoms with Crippen LogP contribution in [0.5, 0.6) is 0 Å². The van der Waals surface area contributed by atoms with Gasteiger partial charge in [-0.3, -0.25) is 9.48 Å². The van der Waals surface area contributed by atoms with Gasteiger partial charge in [0.25, 0.3) is 0 Å². The third kappa shape index (κ3) is 2.70. The van der Waals surface area contributed by atoms with Gasteiger partial charge in [-0.1, -0.05) is 13.8 Å². The molecule has 0 aromatic carbocycles. The Bertz CT molecular complexity index is 412. The van der Waals surface area contributed by atoms with Crippen molar-refractivity contribution in [2.45, 2.75) is 39.7 Å². The molecule has 96 valence electrons. The summed E-state index contributed by atoms with van der Waals surface area (Å²) in [5.41, 5.74) is 2.10. The molecule has 17 heavy (non-hydrogen) atoms. The van der Waals surface area contributed by atoms with E-state index < -0.39 is 0 Å². The van der Waals surface area contributed by atoms with Crippen LogP contribution in [0.4, 0.5) is 0 Å². The Morgan fingerprint density at radius 1 is 1.41 bits per heavy atom. The van der Waals surface area contributed by atoms with Crippen molar-refractivity contribution in [3.63, 3.8) is 0 Å². The van der Waals surface area contributed by atoms with E-state index in [1.165, 1.54) is 0 Å². The average molecular weight is 302 g/mol. The number of likely N-dealkylation sites (N-methyl/N-ethyl adjacent to an activating group) is 1. The second-order valence-electron chi connectivity index (χ2n) is 4.27. The van der Waals surface area contributed by atoms with Crippen molar-refractivity contribution in [2.75, 3.05) is 14.1 Å². The van der Waals surface area contributed by atoms with Crippen LogP contribution in [-0.4, -0.2) is 34.7 Å². The highest BCUT2D eigenvalue weighted by Gasteiger charge is 2.23. The molecule has 0 spiro atoms. The van der Waals surface area contributed by atoms with Crippen LogP contribution in [0, 0.1) is 0 Å². The van der Waals surface area contributed by atoms with Gasteiger partial charge in [0.05, 0.1) is 15.9 Å². The maximum absolute atomic E-state index is 12.0. The second kappa shape index (κ2) is 5.67. The molecule has 1 atom stereocenters. The molecular formula is C12H20BrN3O. The number of halogens is 1. The summed E-state index contributed by atoms with van der Waals surface area (Å²) < 4.78 is 2.88. The Morgan fingerprint density at radius 2 is 2.00 bits per heavy atom. The lowest BCUT2D eigenvalue weighted by molar-refractivity contribution is -0.132. The molecule has 4 nitrogen and oxygen atoms in total. The van der Waals surface area contributed by atoms with E-state index in [1.807, 2.05) is 11.6 Å². The minimum Gasteiger partial charge on any atom is -0.347 e. The number of carbonyl (C=O) groups is 1. The Labute approximate surface area is 111 Å². The molecule has 1 aromatic rings. The predicted octanol–water partition coefficient (Wildman–Crippen LogP) is 2.42. The maximum Gasteiger partial charge on any atom is 0.246 e. The molecule has 1 amide bonds. The zero-order chi connectivity index (χ0) is 13.2. The molecule has 5 heteroatoms. The molecule has 0 aliphatic carbocycles. The Kier molecular flexibility index (Phi) is 4.74. The maximum atomic E-state index is 12.0. The predicted molar refractivity (Wildman–Crippen MR) is 72.1 cm³/mol. The first kappa shape index (κ1) is 14.2. The van der Waals surface area contributed by atoms with Gasteiger partial charge < -0.3 is 4.90 Å². The van der Waals surface area contributed by atoms with Gasteiger partial charge in [-0.05, 0) is 35.7 Å². The summed E-state index contributed by atoms with van der Waals surface area (Å²) in [6.07, 6.45) is 1.72. The van der Waals surface area contributed by atoms with E-state index in [9.17, 15) is 4.79 Å². The third-order valence-electron chi connectivity index (χ3n) is 2.85. The number of rotatable bonds is 4. The van der Waals surface area contributed by atoms with Gasteiger partial charge in [0.15, 0.2) is 0 Å². The van der Waals surface area contributed by atoms with Crippen LogP contribution in [0.15, 0.2) is 4.47 Å². The fourth-order valence-corrected chi connectivity index (χ4v) is 2.66. The highest BCUT2D eigenvalue weighted by Crippen LogP contribution is 2.25. The molecule has 0 saturated heterocycles. The summed E-state index contributed by atoms with van der Waals surface area (Å²) in [4.78, 5) is 13.6. The van der Waals surface area contributed by atoms with E-state index in [0.717, 1.165) is 28.7 Å². The summed E-state index contributed by atoms with van der Waals surface area (Å²) >= 11 is 3.57. The summed E-state index contributed by atoms with van der Waals surface area (Å²) in [7, 11) is 3.54. The molecular weight excluding hydrogens is 282 g/mol. The van der Waals surface area contributed by atoms with Crippen molar-refractivity contribution >= 4 is 21.8 Å². The quantitative estimate of drug-likeness (QED) is 0.856. The van der Waals surface area contributed by atoms with Crippen LogP contribution >= 0.6 is 15.9 Å². The van der Waals surface area contributed by atoms with E-state index >= 15 is 0 Å². The minimum atomic E-state index is -0.253. The standard InChI is InChI=1S/C12H20BrN3O/c1-6-9-11(13)10(7-2)16(14-9)8(3)12(17)15(4)5/h8H,6-7H2,1-5H3. The van der Waals surface area contributed by atoms with E-state index in [0.29, 0.717) is 0 Å². The highest BCUT2D eigenvalue weighted by atomic mass is 79.9. The van der Waals surface area contributed by atoms with Crippen LogP contribution in [0.2, 0.25) is 0 Å². The van der Waals surface area contributed by atoms with Crippen LogP contribution in [-0.2, 0) is 17.6 Å². The molecule has 0 aliphatic rings. The number of amides is 1. The molecule has 1 heterocycles. The lowest BCUT2D eigenvalue weighted by atomic mass is 10.2. The van der Waals surface area contributed by atoms with Crippen molar-refractivity contribution in [3.8, 4) is 0 Å². The smallest absolute Gasteiger partial charge is 0.246 e. The molecule has 0 saturated carbocycles. The molecule has 1 rings (SSSR count). The first-order valence-corrected chi connectivity index (χ1v) is 6.70. The average Bonchev–Trinajstić information content (AvgIpc) is 2.63. The Balaban J connectivity index is 3.17. The van der Waals surface area contributed by atoms with E-state index in [1.54, 1.807) is 19.0 Å². The van der Waals surface area contributed by atoms with Crippen LogP contribution in [0.25, 0.3) is 0 Å². The summed E-state index contributed by atoms with van der Waals surface area (Å²) in [5, 5.41) is 4.52. The third-order valence-corrected chi connectivity index (χ3v) is 3.76. The largest absolute Gasteiger partial charge is 0.347 e. The topological polar surface area (TPSA) is 38.1 Å². The van der Waals surface area contributed by atoms with Crippen molar-refractivity contribution in [3.05, 3.63) is 15.9 Å². The van der Waals surface area contributed by atoms with E-state index in [-0.39, 0.29) is 11.9 Å². The zero-order valence-electron chi connectivity index (χ0n) is 11.1. The lowest BCUT2D eigenvalue weighted by Crippen LogP contribution is -2.31. The fourth-order valence-electron chi connectivity index (χ4n) is 1.84. The SMILES string of the molecule is CCc1nn(C(C)C(=O)N(C)C)c(CC)c1Br. The van der Waals surface area contributed by atoms with Gasteiger partial charge in [-0.15, -0.1) is 0 Å². The van der Waals surface area contributed by atoms with Crippen LogP contribution in [0.1, 0.15) is 38.2 Å². The normalized spacial score (nSPS) is 12.6. The minimum absolute atomic E-state index is 0.0670. The van der Waals surface area contributed by atoms with E-state index in [2.05, 4.69) is 34.9 Å². The molecule has 1 unspecified atom stereocenters. The van der Waals surface area contributed by atoms with Crippen molar-refractivity contribution in [2.24, 2.45) is 0 Å². The monoisotopic (exact) mass is 301 g/mol. The van der Waals surface area contributed by atoms with Gasteiger partial charge in [0.2, 0.25) is 5.91 Å². The number of aryl methyl sites for hydroxylation is 1. The highest BCUT2D eigenvalue weighted by molar-refractivity contribution is 9.10. The van der Waals surface area contributed by atoms with Crippen molar-refractivity contribution in [1.29, 1.82) is 0 Å². The van der Waals surface area contributed by atoms with Crippen molar-refractivity contribution < 1.29 is 4.79 Å². The molecule has 0 fully saturated rings. The van der Waals surface area contributed by atoms with Gasteiger partial charge in [0.1, 0.15) is 6.04 Å². The molecule has 0 aliphatic heterocycles. The van der Waals surface area contributed by atoms with Gasteiger partial charge in [-0.25, -0.2) is 0 Å². The van der Waals surface area contributed by atoms with Crippen LogP contribution < -0.4 is 0 Å². The molecule has 0 bridgehead atoms. The summed E-state index contributed by atoms with van der Waals surface area (Å²) in [6.45, 7) is 6.03. The molecule has 1 aromatic heterocycles. The zero-order valence-corrected chi connectivity index (χ0v) is 12.7. The van der Waals surface area contributed by atoms with Crippen molar-refractivity contribution in [1.82, 2.24) is 14.7 Å². The Hall–Kier alpha value is -0.840. The molecule has 0 N–H and O–H groups in total. The summed E-state index contributed by atoms with van der Waals surface area (Å²) in [5.74, 6) is 0.0670. The van der Waals surface area contributed by atoms with Gasteiger partial charge >= 0.3 is 0 Å². The lowest BCUT2D eigenvalue weighted by Gasteiger charge is -2.19. The number of nitrogens with zero attached hydrogens (tertiary/aromatic N) is 3. The number of carbonyl (C=O) groups excluding carboxylic acids is 1.